The highest BCUT2D eigenvalue weighted by Gasteiger charge is 2.33. The Morgan fingerprint density at radius 3 is 2.85 bits per heavy atom. The molecule has 1 atom stereocenters. The van der Waals surface area contributed by atoms with Crippen molar-refractivity contribution in [1.82, 2.24) is 15.3 Å². The summed E-state index contributed by atoms with van der Waals surface area (Å²) in [6.07, 6.45) is 3.87. The summed E-state index contributed by atoms with van der Waals surface area (Å²) in [6.45, 7) is 0. The Morgan fingerprint density at radius 1 is 1.31 bits per heavy atom. The average molecular weight is 386 g/mol. The van der Waals surface area contributed by atoms with E-state index in [0.717, 1.165) is 39.4 Å². The predicted molar refractivity (Wildman–Crippen MR) is 105 cm³/mol. The van der Waals surface area contributed by atoms with Crippen molar-refractivity contribution in [2.24, 2.45) is 5.92 Å². The molecule has 26 heavy (non-hydrogen) atoms. The van der Waals surface area contributed by atoms with Crippen molar-refractivity contribution < 1.29 is 9.53 Å². The number of amides is 1. The Hall–Kier alpha value is -2.12. The number of ether oxygens (including phenoxy) is 1. The van der Waals surface area contributed by atoms with Crippen molar-refractivity contribution >= 4 is 39.2 Å². The number of nitrogens with one attached hydrogen (secondary N) is 1. The highest BCUT2D eigenvalue weighted by molar-refractivity contribution is 8.00. The first-order valence-corrected chi connectivity index (χ1v) is 10.4. The van der Waals surface area contributed by atoms with Gasteiger partial charge in [0, 0.05) is 0 Å². The molecule has 0 aliphatic heterocycles. The summed E-state index contributed by atoms with van der Waals surface area (Å²) in [6, 6.07) is 10.0. The van der Waals surface area contributed by atoms with Gasteiger partial charge in [-0.3, -0.25) is 4.79 Å². The van der Waals surface area contributed by atoms with Crippen LogP contribution in [0, 0.1) is 5.92 Å². The van der Waals surface area contributed by atoms with Gasteiger partial charge in [0.15, 0.2) is 0 Å². The zero-order valence-electron chi connectivity index (χ0n) is 14.3. The van der Waals surface area contributed by atoms with E-state index in [4.69, 9.17) is 4.74 Å². The molecule has 1 fully saturated rings. The van der Waals surface area contributed by atoms with Crippen LogP contribution < -0.4 is 10.1 Å². The van der Waals surface area contributed by atoms with Crippen LogP contribution in [0.3, 0.4) is 0 Å². The number of aromatic nitrogens is 2. The van der Waals surface area contributed by atoms with Gasteiger partial charge in [-0.2, -0.15) is 0 Å². The number of hydrogen-bond donors (Lipinski definition) is 1. The molecule has 2 heterocycles. The minimum Gasteiger partial charge on any atom is -0.497 e. The number of thioether (sulfide) groups is 1. The maximum absolute atomic E-state index is 12.5. The van der Waals surface area contributed by atoms with E-state index in [-0.39, 0.29) is 11.9 Å². The van der Waals surface area contributed by atoms with E-state index in [9.17, 15) is 4.79 Å². The van der Waals surface area contributed by atoms with Gasteiger partial charge in [0.1, 0.15) is 17.1 Å². The minimum absolute atomic E-state index is 0.0334. The van der Waals surface area contributed by atoms with Crippen LogP contribution in [0.25, 0.3) is 10.2 Å². The summed E-state index contributed by atoms with van der Waals surface area (Å²) >= 11 is 3.07. The summed E-state index contributed by atoms with van der Waals surface area (Å²) < 4.78 is 6.26. The van der Waals surface area contributed by atoms with Crippen LogP contribution in [0.4, 0.5) is 0 Å². The second-order valence-electron chi connectivity index (χ2n) is 6.26. The number of fused-ring (bicyclic) bond motifs is 1. The van der Waals surface area contributed by atoms with E-state index in [1.54, 1.807) is 24.8 Å². The molecule has 134 valence electrons. The molecule has 0 bridgehead atoms. The average Bonchev–Trinajstić information content (AvgIpc) is 3.40. The first kappa shape index (κ1) is 17.3. The molecule has 1 saturated carbocycles. The fourth-order valence-electron chi connectivity index (χ4n) is 2.93. The van der Waals surface area contributed by atoms with Crippen LogP contribution in [0.5, 0.6) is 5.75 Å². The third-order valence-electron chi connectivity index (χ3n) is 4.44. The fourth-order valence-corrected chi connectivity index (χ4v) is 4.69. The second kappa shape index (κ2) is 7.63. The molecular weight excluding hydrogens is 366 g/mol. The van der Waals surface area contributed by atoms with Gasteiger partial charge in [0.2, 0.25) is 5.91 Å². The van der Waals surface area contributed by atoms with E-state index in [2.05, 4.69) is 15.3 Å². The summed E-state index contributed by atoms with van der Waals surface area (Å²) in [4.78, 5) is 21.1. The van der Waals surface area contributed by atoms with Crippen LogP contribution in [0.15, 0.2) is 47.1 Å². The number of carbonyl (C=O) groups excluding carboxylic acids is 1. The zero-order valence-corrected chi connectivity index (χ0v) is 16.0. The summed E-state index contributed by atoms with van der Waals surface area (Å²) in [5, 5.41) is 6.07. The molecule has 5 nitrogen and oxygen atoms in total. The Bertz CT molecular complexity index is 907. The molecule has 1 unspecified atom stereocenters. The molecular formula is C19H19N3O2S2. The maximum Gasteiger partial charge on any atom is 0.230 e. The van der Waals surface area contributed by atoms with Gasteiger partial charge in [-0.05, 0) is 47.9 Å². The van der Waals surface area contributed by atoms with E-state index < -0.39 is 0 Å². The zero-order chi connectivity index (χ0) is 17.9. The summed E-state index contributed by atoms with van der Waals surface area (Å²) in [7, 11) is 1.66. The Balaban J connectivity index is 1.41. The third-order valence-corrected chi connectivity index (χ3v) is 6.46. The van der Waals surface area contributed by atoms with E-state index >= 15 is 0 Å². The van der Waals surface area contributed by atoms with Crippen LogP contribution in [-0.4, -0.2) is 28.7 Å². The van der Waals surface area contributed by atoms with Crippen molar-refractivity contribution in [2.75, 3.05) is 12.9 Å². The molecule has 3 aromatic rings. The lowest BCUT2D eigenvalue weighted by atomic mass is 10.0. The van der Waals surface area contributed by atoms with E-state index in [1.807, 2.05) is 35.7 Å². The molecule has 0 spiro atoms. The normalized spacial score (nSPS) is 15.0. The number of thiophene rings is 1. The van der Waals surface area contributed by atoms with E-state index in [0.29, 0.717) is 11.7 Å². The van der Waals surface area contributed by atoms with Crippen molar-refractivity contribution in [2.45, 2.75) is 23.9 Å². The highest BCUT2D eigenvalue weighted by Crippen LogP contribution is 2.41. The quantitative estimate of drug-likeness (QED) is 0.491. The van der Waals surface area contributed by atoms with Gasteiger partial charge in [0.05, 0.1) is 29.1 Å². The molecule has 2 aromatic heterocycles. The van der Waals surface area contributed by atoms with Crippen LogP contribution in [-0.2, 0) is 4.79 Å². The lowest BCUT2D eigenvalue weighted by Crippen LogP contribution is -2.31. The Kier molecular flexibility index (Phi) is 5.08. The molecule has 0 radical (unpaired) electrons. The van der Waals surface area contributed by atoms with Gasteiger partial charge in [-0.15, -0.1) is 11.3 Å². The third kappa shape index (κ3) is 3.83. The molecule has 1 aromatic carbocycles. The van der Waals surface area contributed by atoms with Crippen molar-refractivity contribution in [3.63, 3.8) is 0 Å². The van der Waals surface area contributed by atoms with Crippen LogP contribution in [0.2, 0.25) is 0 Å². The molecule has 1 aliphatic carbocycles. The first-order chi connectivity index (χ1) is 12.7. The number of methoxy groups -OCH3 is 1. The molecule has 1 N–H and O–H groups in total. The van der Waals surface area contributed by atoms with E-state index in [1.165, 1.54) is 11.8 Å². The topological polar surface area (TPSA) is 64.1 Å². The molecule has 1 aliphatic rings. The summed E-state index contributed by atoms with van der Waals surface area (Å²) in [5.41, 5.74) is 2.07. The summed E-state index contributed by atoms with van der Waals surface area (Å²) in [5.74, 6) is 1.74. The molecule has 4 rings (SSSR count). The number of hydrogen-bond acceptors (Lipinski definition) is 6. The minimum atomic E-state index is 0.0334. The Labute approximate surface area is 160 Å². The predicted octanol–water partition coefficient (Wildman–Crippen LogP) is 4.06. The first-order valence-electron chi connectivity index (χ1n) is 8.49. The fraction of sp³-hybridized carbons (Fsp3) is 0.316. The smallest absolute Gasteiger partial charge is 0.230 e. The largest absolute Gasteiger partial charge is 0.497 e. The van der Waals surface area contributed by atoms with Crippen LogP contribution in [0.1, 0.15) is 24.4 Å². The second-order valence-corrected chi connectivity index (χ2v) is 8.14. The molecule has 0 saturated heterocycles. The lowest BCUT2D eigenvalue weighted by Gasteiger charge is -2.19. The highest BCUT2D eigenvalue weighted by atomic mass is 32.2. The lowest BCUT2D eigenvalue weighted by molar-refractivity contribution is -0.119. The number of nitrogens with zero attached hydrogens (tertiary/aromatic N) is 2. The Morgan fingerprint density at radius 2 is 2.12 bits per heavy atom. The molecule has 1 amide bonds. The van der Waals surface area contributed by atoms with Crippen molar-refractivity contribution in [1.29, 1.82) is 0 Å². The monoisotopic (exact) mass is 385 g/mol. The standard InChI is InChI=1S/C19H19N3O2S2/c1-24-14-6-4-13(5-7-14)17(12-2-3-12)22-16(23)10-26-19-18-15(8-9-25-18)20-11-21-19/h4-9,11-12,17H,2-3,10H2,1H3,(H,22,23). The SMILES string of the molecule is COc1ccc(C(NC(=O)CSc2ncnc3ccsc23)C2CC2)cc1. The maximum atomic E-state index is 12.5. The number of carbonyl (C=O) groups is 1. The number of benzene rings is 1. The van der Waals surface area contributed by atoms with Gasteiger partial charge < -0.3 is 10.1 Å². The van der Waals surface area contributed by atoms with Gasteiger partial charge >= 0.3 is 0 Å². The molecule has 7 heteroatoms. The van der Waals surface area contributed by atoms with Gasteiger partial charge in [-0.25, -0.2) is 9.97 Å². The van der Waals surface area contributed by atoms with Crippen molar-refractivity contribution in [3.8, 4) is 5.75 Å². The van der Waals surface area contributed by atoms with Crippen molar-refractivity contribution in [3.05, 3.63) is 47.6 Å². The van der Waals surface area contributed by atoms with Gasteiger partial charge in [0.25, 0.3) is 0 Å². The van der Waals surface area contributed by atoms with Gasteiger partial charge in [-0.1, -0.05) is 23.9 Å². The number of rotatable bonds is 7. The van der Waals surface area contributed by atoms with Crippen LogP contribution >= 0.6 is 23.1 Å².